The molecule has 0 saturated carbocycles. The number of Topliss-reactive ketones (excluding diaryl/α,β-unsaturated/α-hetero) is 1. The molecule has 0 unspecified atom stereocenters. The minimum absolute atomic E-state index is 0.0454. The molecule has 2 N–H and O–H groups in total. The van der Waals surface area contributed by atoms with E-state index < -0.39 is 27.3 Å². The van der Waals surface area contributed by atoms with Crippen molar-refractivity contribution < 1.29 is 23.1 Å². The number of nitrogens with one attached hydrogen (secondary N) is 1. The maximum Gasteiger partial charge on any atom is 0.263 e. The molecule has 9 heteroatoms. The molecule has 0 saturated heterocycles. The average Bonchev–Trinajstić information content (AvgIpc) is 2.54. The molecular weight excluding hydrogens is 401 g/mol. The molecule has 0 spiro atoms. The first-order valence-corrected chi connectivity index (χ1v) is 9.38. The van der Waals surface area contributed by atoms with Crippen LogP contribution in [0.3, 0.4) is 0 Å². The maximum absolute atomic E-state index is 12.5. The van der Waals surface area contributed by atoms with Crippen LogP contribution in [0.25, 0.3) is 5.76 Å². The van der Waals surface area contributed by atoms with E-state index >= 15 is 0 Å². The van der Waals surface area contributed by atoms with Gasteiger partial charge >= 0.3 is 0 Å². The van der Waals surface area contributed by atoms with E-state index in [4.69, 9.17) is 23.2 Å². The van der Waals surface area contributed by atoms with Crippen molar-refractivity contribution in [3.8, 4) is 0 Å². The van der Waals surface area contributed by atoms with Crippen LogP contribution < -0.4 is 4.72 Å². The van der Waals surface area contributed by atoms with Gasteiger partial charge in [-0.1, -0.05) is 35.3 Å². The van der Waals surface area contributed by atoms with Gasteiger partial charge in [-0.2, -0.15) is 0 Å². The van der Waals surface area contributed by atoms with Gasteiger partial charge in [0.2, 0.25) is 5.78 Å². The second-order valence-electron chi connectivity index (χ2n) is 5.21. The SMILES string of the molecule is CC(=O)C(=O)C=C(O)c1cccc(NS(=O)(=O)c2ccc(Cl)cc2Cl)c1. The summed E-state index contributed by atoms with van der Waals surface area (Å²) in [6.07, 6.45) is 0.770. The first-order chi connectivity index (χ1) is 12.1. The lowest BCUT2D eigenvalue weighted by Gasteiger charge is -2.11. The molecular formula is C17H13Cl2NO5S. The van der Waals surface area contributed by atoms with E-state index in [1.807, 2.05) is 0 Å². The number of rotatable bonds is 6. The number of carbonyl (C=O) groups excluding carboxylic acids is 2. The zero-order chi connectivity index (χ0) is 19.5. The molecule has 0 aliphatic rings. The number of aliphatic hydroxyl groups is 1. The van der Waals surface area contributed by atoms with E-state index in [0.29, 0.717) is 5.02 Å². The van der Waals surface area contributed by atoms with Gasteiger partial charge in [0.25, 0.3) is 10.0 Å². The van der Waals surface area contributed by atoms with Crippen LogP contribution in [0.2, 0.25) is 10.0 Å². The summed E-state index contributed by atoms with van der Waals surface area (Å²) >= 11 is 11.7. The Bertz CT molecular complexity index is 1020. The third-order valence-electron chi connectivity index (χ3n) is 3.21. The zero-order valence-electron chi connectivity index (χ0n) is 13.4. The number of sulfonamides is 1. The number of carbonyl (C=O) groups is 2. The number of hydrogen-bond donors (Lipinski definition) is 2. The summed E-state index contributed by atoms with van der Waals surface area (Å²) in [6.45, 7) is 1.08. The number of anilines is 1. The maximum atomic E-state index is 12.5. The molecule has 2 aromatic carbocycles. The Labute approximate surface area is 160 Å². The quantitative estimate of drug-likeness (QED) is 0.425. The molecule has 136 valence electrons. The number of allylic oxidation sites excluding steroid dienone is 1. The standard InChI is InChI=1S/C17H13Cl2NO5S/c1-10(21)15(22)9-16(23)11-3-2-4-13(7-11)20-26(24,25)17-6-5-12(18)8-14(17)19/h2-9,20,23H,1H3. The Balaban J connectivity index is 2.33. The van der Waals surface area contributed by atoms with Crippen molar-refractivity contribution in [2.75, 3.05) is 4.72 Å². The van der Waals surface area contributed by atoms with E-state index in [1.165, 1.54) is 42.5 Å². The molecule has 0 fully saturated rings. The highest BCUT2D eigenvalue weighted by molar-refractivity contribution is 7.92. The highest BCUT2D eigenvalue weighted by atomic mass is 35.5. The van der Waals surface area contributed by atoms with E-state index in [1.54, 1.807) is 0 Å². The van der Waals surface area contributed by atoms with Crippen LogP contribution in [0.1, 0.15) is 12.5 Å². The van der Waals surface area contributed by atoms with Crippen molar-refractivity contribution >= 4 is 56.2 Å². The Morgan fingerprint density at radius 1 is 1.12 bits per heavy atom. The van der Waals surface area contributed by atoms with Crippen LogP contribution in [0.4, 0.5) is 5.69 Å². The molecule has 0 heterocycles. The summed E-state index contributed by atoms with van der Waals surface area (Å²) in [4.78, 5) is 22.2. The smallest absolute Gasteiger partial charge is 0.263 e. The number of benzene rings is 2. The molecule has 0 amide bonds. The van der Waals surface area contributed by atoms with Gasteiger partial charge in [0.05, 0.1) is 5.02 Å². The predicted molar refractivity (Wildman–Crippen MR) is 100 cm³/mol. The summed E-state index contributed by atoms with van der Waals surface area (Å²) < 4.78 is 27.3. The first kappa shape index (κ1) is 20.0. The lowest BCUT2D eigenvalue weighted by molar-refractivity contribution is -0.132. The van der Waals surface area contributed by atoms with Crippen LogP contribution in [-0.4, -0.2) is 25.1 Å². The minimum Gasteiger partial charge on any atom is -0.507 e. The second-order valence-corrected chi connectivity index (χ2v) is 7.71. The van der Waals surface area contributed by atoms with Gasteiger partial charge in [0.1, 0.15) is 10.7 Å². The summed E-state index contributed by atoms with van der Waals surface area (Å²) in [5.74, 6) is -2.07. The summed E-state index contributed by atoms with van der Waals surface area (Å²) in [5.41, 5.74) is 0.283. The highest BCUT2D eigenvalue weighted by Gasteiger charge is 2.18. The van der Waals surface area contributed by atoms with Crippen molar-refractivity contribution in [1.29, 1.82) is 0 Å². The lowest BCUT2D eigenvalue weighted by atomic mass is 10.1. The van der Waals surface area contributed by atoms with Gasteiger partial charge in [0, 0.05) is 29.3 Å². The van der Waals surface area contributed by atoms with Crippen molar-refractivity contribution in [3.63, 3.8) is 0 Å². The van der Waals surface area contributed by atoms with Crippen LogP contribution >= 0.6 is 23.2 Å². The molecule has 2 aromatic rings. The van der Waals surface area contributed by atoms with Gasteiger partial charge in [-0.3, -0.25) is 14.3 Å². The molecule has 0 atom stereocenters. The van der Waals surface area contributed by atoms with Crippen molar-refractivity contribution in [3.05, 3.63) is 64.1 Å². The minimum atomic E-state index is -4.00. The van der Waals surface area contributed by atoms with E-state index in [-0.39, 0.29) is 21.2 Å². The Hall–Kier alpha value is -2.35. The highest BCUT2D eigenvalue weighted by Crippen LogP contribution is 2.27. The van der Waals surface area contributed by atoms with Gasteiger partial charge in [-0.25, -0.2) is 8.42 Å². The van der Waals surface area contributed by atoms with Crippen LogP contribution in [0, 0.1) is 0 Å². The largest absolute Gasteiger partial charge is 0.507 e. The van der Waals surface area contributed by atoms with Gasteiger partial charge < -0.3 is 5.11 Å². The zero-order valence-corrected chi connectivity index (χ0v) is 15.7. The average molecular weight is 414 g/mol. The van der Waals surface area contributed by atoms with E-state index in [2.05, 4.69) is 4.72 Å². The third-order valence-corrected chi connectivity index (χ3v) is 5.31. The molecule has 2 rings (SSSR count). The molecule has 0 aliphatic carbocycles. The number of aliphatic hydroxyl groups excluding tert-OH is 1. The predicted octanol–water partition coefficient (Wildman–Crippen LogP) is 3.85. The number of hydrogen-bond acceptors (Lipinski definition) is 5. The molecule has 0 radical (unpaired) electrons. The second kappa shape index (κ2) is 7.90. The lowest BCUT2D eigenvalue weighted by Crippen LogP contribution is -2.13. The fourth-order valence-electron chi connectivity index (χ4n) is 1.95. The van der Waals surface area contributed by atoms with Crippen molar-refractivity contribution in [2.45, 2.75) is 11.8 Å². The molecule has 0 aromatic heterocycles. The Morgan fingerprint density at radius 2 is 1.81 bits per heavy atom. The van der Waals surface area contributed by atoms with E-state index in [9.17, 15) is 23.1 Å². The fraction of sp³-hybridized carbons (Fsp3) is 0.0588. The van der Waals surface area contributed by atoms with Crippen molar-refractivity contribution in [2.24, 2.45) is 0 Å². The molecule has 26 heavy (non-hydrogen) atoms. The topological polar surface area (TPSA) is 101 Å². The monoisotopic (exact) mass is 413 g/mol. The fourth-order valence-corrected chi connectivity index (χ4v) is 3.78. The van der Waals surface area contributed by atoms with Crippen LogP contribution in [-0.2, 0) is 19.6 Å². The van der Waals surface area contributed by atoms with Gasteiger partial charge in [-0.15, -0.1) is 0 Å². The normalized spacial score (nSPS) is 11.9. The van der Waals surface area contributed by atoms with Gasteiger partial charge in [-0.05, 0) is 30.3 Å². The van der Waals surface area contributed by atoms with Crippen LogP contribution in [0.15, 0.2) is 53.4 Å². The van der Waals surface area contributed by atoms with E-state index in [0.717, 1.165) is 13.0 Å². The number of ketones is 2. The van der Waals surface area contributed by atoms with Crippen molar-refractivity contribution in [1.82, 2.24) is 0 Å². The summed E-state index contributed by atoms with van der Waals surface area (Å²) in [5, 5.41) is 10.2. The Kier molecular flexibility index (Phi) is 6.07. The van der Waals surface area contributed by atoms with Gasteiger partial charge in [0.15, 0.2) is 5.78 Å². The summed E-state index contributed by atoms with van der Waals surface area (Å²) in [6, 6.07) is 9.63. The first-order valence-electron chi connectivity index (χ1n) is 7.14. The molecule has 0 bridgehead atoms. The third kappa shape index (κ3) is 4.85. The summed E-state index contributed by atoms with van der Waals surface area (Å²) in [7, 11) is -4.00. The Morgan fingerprint density at radius 3 is 2.42 bits per heavy atom. The van der Waals surface area contributed by atoms with Crippen LogP contribution in [0.5, 0.6) is 0 Å². The number of halogens is 2. The molecule has 0 aliphatic heterocycles. The molecule has 6 nitrogen and oxygen atoms in total.